The van der Waals surface area contributed by atoms with Gasteiger partial charge in [-0.25, -0.2) is 17.6 Å². The molecule has 2 nitrogen and oxygen atoms in total. The summed E-state index contributed by atoms with van der Waals surface area (Å²) in [6.07, 6.45) is 0. The third kappa shape index (κ3) is 2.38. The molecule has 0 amide bonds. The molecular formula is C15H9F4NO. The Balaban J connectivity index is 2.10. The summed E-state index contributed by atoms with van der Waals surface area (Å²) in [5.74, 6) is -3.66. The molecule has 21 heavy (non-hydrogen) atoms. The monoisotopic (exact) mass is 295 g/mol. The molecule has 0 fully saturated rings. The summed E-state index contributed by atoms with van der Waals surface area (Å²) >= 11 is 0. The molecule has 0 aliphatic rings. The predicted molar refractivity (Wildman–Crippen MR) is 68.5 cm³/mol. The van der Waals surface area contributed by atoms with Crippen LogP contribution in [0.2, 0.25) is 0 Å². The van der Waals surface area contributed by atoms with Crippen molar-refractivity contribution >= 4 is 11.0 Å². The lowest BCUT2D eigenvalue weighted by Crippen LogP contribution is -2.15. The van der Waals surface area contributed by atoms with Gasteiger partial charge >= 0.3 is 0 Å². The Kier molecular flexibility index (Phi) is 3.17. The van der Waals surface area contributed by atoms with Gasteiger partial charge in [0.2, 0.25) is 0 Å². The Morgan fingerprint density at radius 1 is 0.857 bits per heavy atom. The van der Waals surface area contributed by atoms with Crippen LogP contribution >= 0.6 is 0 Å². The lowest BCUT2D eigenvalue weighted by atomic mass is 10.0. The Morgan fingerprint density at radius 2 is 1.52 bits per heavy atom. The highest BCUT2D eigenvalue weighted by Gasteiger charge is 2.23. The van der Waals surface area contributed by atoms with Crippen molar-refractivity contribution in [2.45, 2.75) is 6.04 Å². The quantitative estimate of drug-likeness (QED) is 0.725. The van der Waals surface area contributed by atoms with E-state index < -0.39 is 34.9 Å². The average Bonchev–Trinajstić information content (AvgIpc) is 2.80. The Labute approximate surface area is 116 Å². The van der Waals surface area contributed by atoms with Gasteiger partial charge in [0, 0.05) is 23.1 Å². The summed E-state index contributed by atoms with van der Waals surface area (Å²) in [6.45, 7) is 0. The highest BCUT2D eigenvalue weighted by atomic mass is 19.1. The minimum Gasteiger partial charge on any atom is -0.459 e. The van der Waals surface area contributed by atoms with Gasteiger partial charge in [0.05, 0.1) is 6.04 Å². The van der Waals surface area contributed by atoms with E-state index in [1.165, 1.54) is 24.3 Å². The lowest BCUT2D eigenvalue weighted by molar-refractivity contribution is 0.477. The second-order valence-electron chi connectivity index (χ2n) is 4.59. The topological polar surface area (TPSA) is 39.2 Å². The largest absolute Gasteiger partial charge is 0.459 e. The molecule has 2 aromatic carbocycles. The number of hydrogen-bond donors (Lipinski definition) is 1. The summed E-state index contributed by atoms with van der Waals surface area (Å²) in [4.78, 5) is 0. The minimum atomic E-state index is -1.26. The van der Waals surface area contributed by atoms with Crippen molar-refractivity contribution in [1.82, 2.24) is 0 Å². The molecule has 1 aromatic heterocycles. The number of fused-ring (bicyclic) bond motifs is 1. The van der Waals surface area contributed by atoms with Gasteiger partial charge in [-0.15, -0.1) is 0 Å². The van der Waals surface area contributed by atoms with E-state index in [0.29, 0.717) is 23.1 Å². The van der Waals surface area contributed by atoms with E-state index in [1.54, 1.807) is 0 Å². The van der Waals surface area contributed by atoms with Crippen LogP contribution < -0.4 is 5.73 Å². The first kappa shape index (κ1) is 13.6. The molecule has 108 valence electrons. The molecule has 0 radical (unpaired) electrons. The summed E-state index contributed by atoms with van der Waals surface area (Å²) in [5.41, 5.74) is 5.61. The summed E-state index contributed by atoms with van der Waals surface area (Å²) < 4.78 is 58.8. The molecule has 1 unspecified atom stereocenters. The van der Waals surface area contributed by atoms with Gasteiger partial charge in [0.25, 0.3) is 0 Å². The van der Waals surface area contributed by atoms with E-state index in [1.807, 2.05) is 0 Å². The fourth-order valence-corrected chi connectivity index (χ4v) is 2.18. The SMILES string of the molecule is NC(c1cc2cc(F)ccc2o1)c1c(F)cc(F)cc1F. The molecule has 1 atom stereocenters. The van der Waals surface area contributed by atoms with Gasteiger partial charge in [0.15, 0.2) is 0 Å². The minimum absolute atomic E-state index is 0.0556. The zero-order valence-electron chi connectivity index (χ0n) is 10.5. The van der Waals surface area contributed by atoms with Crippen LogP contribution in [0.25, 0.3) is 11.0 Å². The van der Waals surface area contributed by atoms with E-state index in [4.69, 9.17) is 10.2 Å². The molecule has 0 saturated carbocycles. The fourth-order valence-electron chi connectivity index (χ4n) is 2.18. The van der Waals surface area contributed by atoms with Gasteiger partial charge in [-0.1, -0.05) is 0 Å². The van der Waals surface area contributed by atoms with Crippen molar-refractivity contribution < 1.29 is 22.0 Å². The van der Waals surface area contributed by atoms with Crippen LogP contribution in [0.15, 0.2) is 40.8 Å². The number of hydrogen-bond acceptors (Lipinski definition) is 2. The smallest absolute Gasteiger partial charge is 0.134 e. The normalized spacial score (nSPS) is 12.8. The summed E-state index contributed by atoms with van der Waals surface area (Å²) in [7, 11) is 0. The second-order valence-corrected chi connectivity index (χ2v) is 4.59. The fraction of sp³-hybridized carbons (Fsp3) is 0.0667. The molecule has 1 heterocycles. The maximum atomic E-state index is 13.7. The first-order valence-corrected chi connectivity index (χ1v) is 6.04. The van der Waals surface area contributed by atoms with Gasteiger partial charge in [0.1, 0.15) is 34.6 Å². The van der Waals surface area contributed by atoms with E-state index >= 15 is 0 Å². The van der Waals surface area contributed by atoms with Crippen molar-refractivity contribution in [3.63, 3.8) is 0 Å². The Hall–Kier alpha value is -2.34. The van der Waals surface area contributed by atoms with Crippen LogP contribution in [0.1, 0.15) is 17.4 Å². The number of benzene rings is 2. The van der Waals surface area contributed by atoms with Crippen molar-refractivity contribution in [3.8, 4) is 0 Å². The van der Waals surface area contributed by atoms with Crippen molar-refractivity contribution in [2.24, 2.45) is 5.73 Å². The average molecular weight is 295 g/mol. The molecule has 3 rings (SSSR count). The highest BCUT2D eigenvalue weighted by Crippen LogP contribution is 2.30. The maximum Gasteiger partial charge on any atom is 0.134 e. The highest BCUT2D eigenvalue weighted by molar-refractivity contribution is 5.78. The molecule has 0 bridgehead atoms. The van der Waals surface area contributed by atoms with Crippen LogP contribution in [-0.4, -0.2) is 0 Å². The number of halogens is 4. The summed E-state index contributed by atoms with van der Waals surface area (Å²) in [5, 5.41) is 0.420. The second kappa shape index (κ2) is 4.89. The van der Waals surface area contributed by atoms with Gasteiger partial charge in [-0.05, 0) is 24.3 Å². The van der Waals surface area contributed by atoms with Gasteiger partial charge < -0.3 is 10.2 Å². The number of nitrogens with two attached hydrogens (primary N) is 1. The first-order valence-electron chi connectivity index (χ1n) is 6.04. The lowest BCUT2D eigenvalue weighted by Gasteiger charge is -2.11. The Morgan fingerprint density at radius 3 is 2.19 bits per heavy atom. The predicted octanol–water partition coefficient (Wildman–Crippen LogP) is 4.04. The van der Waals surface area contributed by atoms with Crippen LogP contribution in [-0.2, 0) is 0 Å². The van der Waals surface area contributed by atoms with Crippen molar-refractivity contribution in [2.75, 3.05) is 0 Å². The third-order valence-corrected chi connectivity index (χ3v) is 3.16. The molecule has 2 N–H and O–H groups in total. The molecule has 6 heteroatoms. The van der Waals surface area contributed by atoms with E-state index in [0.717, 1.165) is 0 Å². The van der Waals surface area contributed by atoms with Gasteiger partial charge in [-0.3, -0.25) is 0 Å². The standard InChI is InChI=1S/C15H9F4NO/c16-8-1-2-12-7(3-8)4-13(21-12)15(20)14-10(18)5-9(17)6-11(14)19/h1-6,15H,20H2. The molecule has 0 spiro atoms. The van der Waals surface area contributed by atoms with E-state index in [2.05, 4.69) is 0 Å². The molecule has 0 aliphatic carbocycles. The van der Waals surface area contributed by atoms with Crippen molar-refractivity contribution in [3.05, 3.63) is 71.0 Å². The molecule has 0 aliphatic heterocycles. The van der Waals surface area contributed by atoms with Gasteiger partial charge in [-0.2, -0.15) is 0 Å². The van der Waals surface area contributed by atoms with Crippen LogP contribution in [0.5, 0.6) is 0 Å². The molecular weight excluding hydrogens is 286 g/mol. The van der Waals surface area contributed by atoms with E-state index in [9.17, 15) is 17.6 Å². The molecule has 3 aromatic rings. The zero-order valence-corrected chi connectivity index (χ0v) is 10.5. The maximum absolute atomic E-state index is 13.7. The van der Waals surface area contributed by atoms with Crippen LogP contribution in [0, 0.1) is 23.3 Å². The zero-order chi connectivity index (χ0) is 15.1. The Bertz CT molecular complexity index is 805. The summed E-state index contributed by atoms with van der Waals surface area (Å²) in [6, 6.07) is 5.01. The van der Waals surface area contributed by atoms with Crippen LogP contribution in [0.3, 0.4) is 0 Å². The molecule has 0 saturated heterocycles. The van der Waals surface area contributed by atoms with Crippen LogP contribution in [0.4, 0.5) is 17.6 Å². The number of furan rings is 1. The third-order valence-electron chi connectivity index (χ3n) is 3.16. The van der Waals surface area contributed by atoms with Crippen molar-refractivity contribution in [1.29, 1.82) is 0 Å². The number of rotatable bonds is 2. The first-order chi connectivity index (χ1) is 9.95. The van der Waals surface area contributed by atoms with E-state index in [-0.39, 0.29) is 5.76 Å².